The van der Waals surface area contributed by atoms with Crippen molar-refractivity contribution in [2.75, 3.05) is 34.2 Å². The van der Waals surface area contributed by atoms with Gasteiger partial charge in [0, 0.05) is 25.5 Å². The molecule has 0 aromatic rings. The van der Waals surface area contributed by atoms with Crippen LogP contribution in [0.4, 0.5) is 0 Å². The predicted molar refractivity (Wildman–Crippen MR) is 64.9 cm³/mol. The summed E-state index contributed by atoms with van der Waals surface area (Å²) in [7, 11) is 1.29. The van der Waals surface area contributed by atoms with Gasteiger partial charge in [-0.15, -0.1) is 0 Å². The molecule has 18 heavy (non-hydrogen) atoms. The Morgan fingerprint density at radius 1 is 1.39 bits per heavy atom. The molecule has 0 aliphatic rings. The van der Waals surface area contributed by atoms with Crippen LogP contribution in [0.25, 0.3) is 0 Å². The minimum absolute atomic E-state index is 0.0212. The van der Waals surface area contributed by atoms with Crippen LogP contribution in [0, 0.1) is 0 Å². The van der Waals surface area contributed by atoms with E-state index < -0.39 is 19.2 Å². The molecule has 0 saturated heterocycles. The zero-order valence-electron chi connectivity index (χ0n) is 11.4. The van der Waals surface area contributed by atoms with Crippen molar-refractivity contribution in [3.63, 3.8) is 0 Å². The molecule has 2 unspecified atom stereocenters. The number of rotatable bonds is 7. The van der Waals surface area contributed by atoms with E-state index in [0.29, 0.717) is 16.1 Å². The van der Waals surface area contributed by atoms with E-state index in [1.165, 1.54) is 6.92 Å². The summed E-state index contributed by atoms with van der Waals surface area (Å²) in [5.74, 6) is -0.556. The molecular weight excluding hydrogens is 259 g/mol. The zero-order chi connectivity index (χ0) is 14.6. The van der Waals surface area contributed by atoms with Crippen molar-refractivity contribution in [2.45, 2.75) is 25.4 Å². The van der Waals surface area contributed by atoms with E-state index >= 15 is 0 Å². The average Bonchev–Trinajstić information content (AvgIpc) is 2.12. The number of hydrogen-bond acceptors (Lipinski definition) is 4. The molecule has 0 aliphatic heterocycles. The van der Waals surface area contributed by atoms with E-state index in [1.54, 1.807) is 0 Å². The van der Waals surface area contributed by atoms with Crippen LogP contribution < -0.4 is 4.89 Å². The summed E-state index contributed by atoms with van der Waals surface area (Å²) in [5, 5.41) is 9.63. The van der Waals surface area contributed by atoms with E-state index in [4.69, 9.17) is 4.89 Å². The molecule has 2 atom stereocenters. The van der Waals surface area contributed by atoms with Crippen LogP contribution in [-0.4, -0.2) is 65.4 Å². The summed E-state index contributed by atoms with van der Waals surface area (Å²) in [5.41, 5.74) is -0.941. The zero-order valence-corrected chi connectivity index (χ0v) is 12.3. The Kier molecular flexibility index (Phi) is 6.46. The molecule has 2 N–H and O–H groups in total. The third-order valence-electron chi connectivity index (χ3n) is 2.63. The van der Waals surface area contributed by atoms with Crippen LogP contribution in [0.3, 0.4) is 0 Å². The SMILES string of the molecule is CC(=O)N(O)CCC(CC[N+](C)(C)C)P(=O)([O-])O. The van der Waals surface area contributed by atoms with Gasteiger partial charge in [0.25, 0.3) is 0 Å². The van der Waals surface area contributed by atoms with Gasteiger partial charge in [0.15, 0.2) is 0 Å². The highest BCUT2D eigenvalue weighted by Gasteiger charge is 2.24. The first-order valence-electron chi connectivity index (χ1n) is 5.74. The van der Waals surface area contributed by atoms with Gasteiger partial charge in [-0.25, -0.2) is 5.06 Å². The van der Waals surface area contributed by atoms with Gasteiger partial charge in [-0.05, 0) is 6.42 Å². The van der Waals surface area contributed by atoms with Gasteiger partial charge < -0.3 is 18.8 Å². The molecule has 1 amide bonds. The number of hydrogen-bond donors (Lipinski definition) is 2. The normalized spacial score (nSPS) is 17.1. The molecule has 0 saturated carbocycles. The molecule has 0 rings (SSSR count). The van der Waals surface area contributed by atoms with E-state index in [1.807, 2.05) is 21.1 Å². The number of hydroxylamine groups is 2. The summed E-state index contributed by atoms with van der Waals surface area (Å²) in [6, 6.07) is 0. The summed E-state index contributed by atoms with van der Waals surface area (Å²) >= 11 is 0. The lowest BCUT2D eigenvalue weighted by molar-refractivity contribution is -0.870. The highest BCUT2D eigenvalue weighted by atomic mass is 31.2. The van der Waals surface area contributed by atoms with Gasteiger partial charge in [-0.2, -0.15) is 0 Å². The molecule has 0 aromatic heterocycles. The first kappa shape index (κ1) is 17.5. The number of carbonyl (C=O) groups is 1. The molecule has 7 nitrogen and oxygen atoms in total. The first-order chi connectivity index (χ1) is 7.93. The van der Waals surface area contributed by atoms with Crippen molar-refractivity contribution in [3.8, 4) is 0 Å². The number of carbonyl (C=O) groups excluding carboxylic acids is 1. The van der Waals surface area contributed by atoms with E-state index in [-0.39, 0.29) is 19.4 Å². The van der Waals surface area contributed by atoms with Gasteiger partial charge in [-0.3, -0.25) is 10.0 Å². The van der Waals surface area contributed by atoms with Crippen molar-refractivity contribution in [3.05, 3.63) is 0 Å². The highest BCUT2D eigenvalue weighted by molar-refractivity contribution is 7.51. The summed E-state index contributed by atoms with van der Waals surface area (Å²) < 4.78 is 11.8. The molecule has 0 bridgehead atoms. The lowest BCUT2D eigenvalue weighted by Gasteiger charge is -2.31. The molecule has 0 spiro atoms. The van der Waals surface area contributed by atoms with Gasteiger partial charge >= 0.3 is 0 Å². The van der Waals surface area contributed by atoms with Crippen molar-refractivity contribution in [1.82, 2.24) is 5.06 Å². The summed E-state index contributed by atoms with van der Waals surface area (Å²) in [4.78, 5) is 31.1. The maximum absolute atomic E-state index is 11.2. The Morgan fingerprint density at radius 2 is 1.89 bits per heavy atom. The second kappa shape index (κ2) is 6.63. The second-order valence-corrected chi connectivity index (χ2v) is 7.31. The molecule has 0 radical (unpaired) electrons. The quantitative estimate of drug-likeness (QED) is 0.287. The Balaban J connectivity index is 4.44. The van der Waals surface area contributed by atoms with Crippen molar-refractivity contribution in [2.24, 2.45) is 0 Å². The molecule has 0 fully saturated rings. The average molecular weight is 282 g/mol. The fraction of sp³-hybridized carbons (Fsp3) is 0.900. The minimum atomic E-state index is -4.46. The lowest BCUT2D eigenvalue weighted by atomic mass is 10.2. The Morgan fingerprint density at radius 3 is 2.22 bits per heavy atom. The van der Waals surface area contributed by atoms with Gasteiger partial charge in [0.1, 0.15) is 7.60 Å². The van der Waals surface area contributed by atoms with E-state index in [9.17, 15) is 19.5 Å². The van der Waals surface area contributed by atoms with Gasteiger partial charge in [-0.1, -0.05) is 0 Å². The fourth-order valence-electron chi connectivity index (χ4n) is 1.44. The number of nitrogens with zero attached hydrogens (tertiary/aromatic N) is 2. The second-order valence-electron chi connectivity index (χ2n) is 5.45. The molecule has 0 aliphatic carbocycles. The Hall–Kier alpha value is -0.460. The van der Waals surface area contributed by atoms with Crippen LogP contribution in [0.5, 0.6) is 0 Å². The van der Waals surface area contributed by atoms with Crippen molar-refractivity contribution < 1.29 is 28.8 Å². The molecule has 8 heteroatoms. The fourth-order valence-corrected chi connectivity index (χ4v) is 2.32. The Labute approximate surface area is 108 Å². The van der Waals surface area contributed by atoms with E-state index in [0.717, 1.165) is 0 Å². The molecule has 0 aromatic carbocycles. The third-order valence-corrected chi connectivity index (χ3v) is 4.07. The monoisotopic (exact) mass is 282 g/mol. The van der Waals surface area contributed by atoms with E-state index in [2.05, 4.69) is 0 Å². The van der Waals surface area contributed by atoms with Crippen LogP contribution in [0.2, 0.25) is 0 Å². The maximum atomic E-state index is 11.2. The van der Waals surface area contributed by atoms with Crippen molar-refractivity contribution in [1.29, 1.82) is 0 Å². The summed E-state index contributed by atoms with van der Waals surface area (Å²) in [6.07, 6.45) is 0.305. The minimum Gasteiger partial charge on any atom is -0.778 e. The Bertz CT molecular complexity index is 323. The smallest absolute Gasteiger partial charge is 0.242 e. The van der Waals surface area contributed by atoms with Gasteiger partial charge in [0.2, 0.25) is 5.91 Å². The number of amides is 1. The van der Waals surface area contributed by atoms with Crippen LogP contribution >= 0.6 is 7.60 Å². The predicted octanol–water partition coefficient (Wildman–Crippen LogP) is -0.375. The van der Waals surface area contributed by atoms with Crippen molar-refractivity contribution >= 4 is 13.5 Å². The number of quaternary nitrogens is 1. The topological polar surface area (TPSA) is 101 Å². The molecular formula is C10H23N2O5P. The van der Waals surface area contributed by atoms with Crippen LogP contribution in [-0.2, 0) is 9.36 Å². The molecule has 108 valence electrons. The van der Waals surface area contributed by atoms with Crippen LogP contribution in [0.15, 0.2) is 0 Å². The standard InChI is InChI=1S/C10H23N2O5P/c1-9(13)11(14)7-5-10(18(15,16)17)6-8-12(2,3)4/h10,14H,5-8H2,1-4H3,(H-,15,16,17). The third kappa shape index (κ3) is 7.79. The molecule has 0 heterocycles. The first-order valence-corrected chi connectivity index (χ1v) is 7.39. The lowest BCUT2D eigenvalue weighted by Crippen LogP contribution is -2.38. The maximum Gasteiger partial charge on any atom is 0.242 e. The van der Waals surface area contributed by atoms with Gasteiger partial charge in [0.05, 0.1) is 27.7 Å². The largest absolute Gasteiger partial charge is 0.778 e. The van der Waals surface area contributed by atoms with Crippen LogP contribution in [0.1, 0.15) is 19.8 Å². The highest BCUT2D eigenvalue weighted by Crippen LogP contribution is 2.40. The summed E-state index contributed by atoms with van der Waals surface area (Å²) in [6.45, 7) is 1.64.